The summed E-state index contributed by atoms with van der Waals surface area (Å²) in [5, 5.41) is 4.56. The standard InChI is InChI=1S/C16H24N2O/c1-3-11(2)18-9-8-14(17-18)10-15(19)16(12-4-5-12)13-6-7-13/h8-9,11-13,16H,3-7,10H2,1-2H3. The lowest BCUT2D eigenvalue weighted by Crippen LogP contribution is -2.21. The molecule has 2 aliphatic rings. The Bertz CT molecular complexity index is 445. The third kappa shape index (κ3) is 2.90. The van der Waals surface area contributed by atoms with Crippen molar-refractivity contribution >= 4 is 5.78 Å². The molecule has 2 saturated carbocycles. The first-order valence-corrected chi connectivity index (χ1v) is 7.75. The molecule has 0 N–H and O–H groups in total. The Hall–Kier alpha value is -1.12. The summed E-state index contributed by atoms with van der Waals surface area (Å²) in [6, 6.07) is 2.44. The molecule has 3 rings (SSSR count). The van der Waals surface area contributed by atoms with Crippen LogP contribution in [0, 0.1) is 17.8 Å². The summed E-state index contributed by atoms with van der Waals surface area (Å²) in [4.78, 5) is 12.5. The van der Waals surface area contributed by atoms with E-state index in [2.05, 4.69) is 18.9 Å². The second-order valence-corrected chi connectivity index (χ2v) is 6.39. The molecule has 19 heavy (non-hydrogen) atoms. The normalized spacial score (nSPS) is 20.8. The Labute approximate surface area is 115 Å². The molecule has 2 fully saturated rings. The zero-order valence-electron chi connectivity index (χ0n) is 12.0. The molecule has 0 saturated heterocycles. The van der Waals surface area contributed by atoms with Crippen LogP contribution in [0.25, 0.3) is 0 Å². The highest BCUT2D eigenvalue weighted by Gasteiger charge is 2.45. The van der Waals surface area contributed by atoms with Gasteiger partial charge in [-0.25, -0.2) is 0 Å². The Balaban J connectivity index is 1.63. The molecule has 2 aliphatic carbocycles. The molecule has 0 radical (unpaired) electrons. The molecule has 0 aliphatic heterocycles. The van der Waals surface area contributed by atoms with Gasteiger partial charge in [0.2, 0.25) is 0 Å². The average Bonchev–Trinajstić information content (AvgIpc) is 3.32. The number of rotatable bonds is 7. The third-order valence-corrected chi connectivity index (χ3v) is 4.69. The van der Waals surface area contributed by atoms with Gasteiger partial charge in [0.15, 0.2) is 0 Å². The van der Waals surface area contributed by atoms with Gasteiger partial charge in [-0.1, -0.05) is 6.92 Å². The highest BCUT2D eigenvalue weighted by atomic mass is 16.1. The van der Waals surface area contributed by atoms with E-state index < -0.39 is 0 Å². The van der Waals surface area contributed by atoms with Crippen LogP contribution in [0.4, 0.5) is 0 Å². The van der Waals surface area contributed by atoms with Crippen LogP contribution in [-0.2, 0) is 11.2 Å². The fourth-order valence-corrected chi connectivity index (χ4v) is 3.02. The quantitative estimate of drug-likeness (QED) is 0.753. The Morgan fingerprint density at radius 1 is 1.37 bits per heavy atom. The Morgan fingerprint density at radius 2 is 2.00 bits per heavy atom. The van der Waals surface area contributed by atoms with E-state index in [-0.39, 0.29) is 0 Å². The highest BCUT2D eigenvalue weighted by Crippen LogP contribution is 2.49. The Kier molecular flexibility index (Phi) is 3.46. The maximum absolute atomic E-state index is 12.5. The Morgan fingerprint density at radius 3 is 2.53 bits per heavy atom. The van der Waals surface area contributed by atoms with Crippen LogP contribution in [-0.4, -0.2) is 15.6 Å². The molecule has 104 valence electrons. The molecule has 0 bridgehead atoms. The van der Waals surface area contributed by atoms with E-state index in [4.69, 9.17) is 0 Å². The predicted molar refractivity (Wildman–Crippen MR) is 74.9 cm³/mol. The fraction of sp³-hybridized carbons (Fsp3) is 0.750. The molecular weight excluding hydrogens is 236 g/mol. The average molecular weight is 260 g/mol. The number of nitrogens with zero attached hydrogens (tertiary/aromatic N) is 2. The van der Waals surface area contributed by atoms with Gasteiger partial charge in [0, 0.05) is 18.2 Å². The van der Waals surface area contributed by atoms with Crippen molar-refractivity contribution in [1.29, 1.82) is 0 Å². The van der Waals surface area contributed by atoms with Gasteiger partial charge >= 0.3 is 0 Å². The first-order chi connectivity index (χ1) is 9.19. The number of ketones is 1. The van der Waals surface area contributed by atoms with Crippen LogP contribution in [0.5, 0.6) is 0 Å². The number of carbonyl (C=O) groups excluding carboxylic acids is 1. The van der Waals surface area contributed by atoms with Gasteiger partial charge in [0.05, 0.1) is 12.1 Å². The van der Waals surface area contributed by atoms with Gasteiger partial charge in [0.25, 0.3) is 0 Å². The number of carbonyl (C=O) groups is 1. The molecule has 1 unspecified atom stereocenters. The summed E-state index contributed by atoms with van der Waals surface area (Å²) in [7, 11) is 0. The van der Waals surface area contributed by atoms with Gasteiger partial charge in [0.1, 0.15) is 5.78 Å². The zero-order valence-corrected chi connectivity index (χ0v) is 12.0. The van der Waals surface area contributed by atoms with Crippen molar-refractivity contribution in [3.63, 3.8) is 0 Å². The predicted octanol–water partition coefficient (Wildman–Crippen LogP) is 3.40. The smallest absolute Gasteiger partial charge is 0.142 e. The lowest BCUT2D eigenvalue weighted by Gasteiger charge is -2.13. The molecule has 0 spiro atoms. The molecule has 0 aromatic carbocycles. The van der Waals surface area contributed by atoms with Crippen LogP contribution < -0.4 is 0 Å². The van der Waals surface area contributed by atoms with E-state index in [1.54, 1.807) is 0 Å². The lowest BCUT2D eigenvalue weighted by atomic mass is 9.90. The minimum atomic E-state index is 0.355. The molecule has 3 heteroatoms. The van der Waals surface area contributed by atoms with Gasteiger partial charge in [-0.2, -0.15) is 5.10 Å². The first kappa shape index (κ1) is 12.9. The second-order valence-electron chi connectivity index (χ2n) is 6.39. The van der Waals surface area contributed by atoms with Gasteiger partial charge in [-0.05, 0) is 56.9 Å². The zero-order chi connectivity index (χ0) is 13.4. The van der Waals surface area contributed by atoms with Crippen molar-refractivity contribution in [2.75, 3.05) is 0 Å². The van der Waals surface area contributed by atoms with E-state index in [0.717, 1.165) is 12.1 Å². The number of aromatic nitrogens is 2. The first-order valence-electron chi connectivity index (χ1n) is 7.75. The van der Waals surface area contributed by atoms with Gasteiger partial charge in [-0.15, -0.1) is 0 Å². The summed E-state index contributed by atoms with van der Waals surface area (Å²) in [6.45, 7) is 4.32. The molecule has 0 amide bonds. The van der Waals surface area contributed by atoms with Crippen LogP contribution in [0.2, 0.25) is 0 Å². The maximum Gasteiger partial charge on any atom is 0.142 e. The highest BCUT2D eigenvalue weighted by molar-refractivity contribution is 5.84. The molecule has 1 atom stereocenters. The largest absolute Gasteiger partial charge is 0.299 e. The minimum absolute atomic E-state index is 0.355. The fourth-order valence-electron chi connectivity index (χ4n) is 3.02. The third-order valence-electron chi connectivity index (χ3n) is 4.69. The molecular formula is C16H24N2O. The van der Waals surface area contributed by atoms with Gasteiger partial charge in [-0.3, -0.25) is 9.48 Å². The van der Waals surface area contributed by atoms with E-state index in [1.807, 2.05) is 16.9 Å². The summed E-state index contributed by atoms with van der Waals surface area (Å²) < 4.78 is 1.99. The minimum Gasteiger partial charge on any atom is -0.299 e. The van der Waals surface area contributed by atoms with Crippen molar-refractivity contribution in [2.24, 2.45) is 17.8 Å². The second kappa shape index (κ2) is 5.10. The van der Waals surface area contributed by atoms with E-state index in [1.165, 1.54) is 25.7 Å². The SMILES string of the molecule is CCC(C)n1ccc(CC(=O)C(C2CC2)C2CC2)n1. The maximum atomic E-state index is 12.5. The van der Waals surface area contributed by atoms with Crippen molar-refractivity contribution < 1.29 is 4.79 Å². The van der Waals surface area contributed by atoms with Crippen LogP contribution in [0.15, 0.2) is 12.3 Å². The van der Waals surface area contributed by atoms with Crippen molar-refractivity contribution in [3.8, 4) is 0 Å². The lowest BCUT2D eigenvalue weighted by molar-refractivity contribution is -0.123. The van der Waals surface area contributed by atoms with Gasteiger partial charge < -0.3 is 0 Å². The van der Waals surface area contributed by atoms with Crippen LogP contribution in [0.3, 0.4) is 0 Å². The topological polar surface area (TPSA) is 34.9 Å². The summed E-state index contributed by atoms with van der Waals surface area (Å²) in [5.74, 6) is 2.21. The molecule has 1 heterocycles. The number of hydrogen-bond acceptors (Lipinski definition) is 2. The number of hydrogen-bond donors (Lipinski definition) is 0. The molecule has 3 nitrogen and oxygen atoms in total. The van der Waals surface area contributed by atoms with Crippen molar-refractivity contribution in [3.05, 3.63) is 18.0 Å². The van der Waals surface area contributed by atoms with E-state index in [0.29, 0.717) is 36.0 Å². The van der Waals surface area contributed by atoms with E-state index >= 15 is 0 Å². The monoisotopic (exact) mass is 260 g/mol. The molecule has 1 aromatic heterocycles. The number of Topliss-reactive ketones (excluding diaryl/α,β-unsaturated/α-hetero) is 1. The molecule has 1 aromatic rings. The van der Waals surface area contributed by atoms with Crippen molar-refractivity contribution in [2.45, 2.75) is 58.4 Å². The summed E-state index contributed by atoms with van der Waals surface area (Å²) in [5.41, 5.74) is 0.955. The van der Waals surface area contributed by atoms with Crippen LogP contribution >= 0.6 is 0 Å². The van der Waals surface area contributed by atoms with Crippen molar-refractivity contribution in [1.82, 2.24) is 9.78 Å². The summed E-state index contributed by atoms with van der Waals surface area (Å²) in [6.07, 6.45) is 8.72. The van der Waals surface area contributed by atoms with E-state index in [9.17, 15) is 4.79 Å². The van der Waals surface area contributed by atoms with Crippen LogP contribution in [0.1, 0.15) is 57.7 Å². The summed E-state index contributed by atoms with van der Waals surface area (Å²) >= 11 is 0.